The fourth-order valence-electron chi connectivity index (χ4n) is 2.13. The quantitative estimate of drug-likeness (QED) is 0.801. The van der Waals surface area contributed by atoms with Crippen molar-refractivity contribution >= 4 is 21.7 Å². The van der Waals surface area contributed by atoms with E-state index in [1.54, 1.807) is 0 Å². The lowest BCUT2D eigenvalue weighted by molar-refractivity contribution is -0.0180. The summed E-state index contributed by atoms with van der Waals surface area (Å²) in [5.74, 6) is 0.210. The van der Waals surface area contributed by atoms with Crippen LogP contribution in [0.15, 0.2) is 28.7 Å². The van der Waals surface area contributed by atoms with Crippen molar-refractivity contribution in [3.8, 4) is 0 Å². The predicted octanol–water partition coefficient (Wildman–Crippen LogP) is 2.74. The maximum Gasteiger partial charge on any atom is 0.164 e. The predicted molar refractivity (Wildman–Crippen MR) is 74.9 cm³/mol. The molecule has 1 saturated heterocycles. The topological polar surface area (TPSA) is 29.5 Å². The summed E-state index contributed by atoms with van der Waals surface area (Å²) in [4.78, 5) is 14.3. The van der Waals surface area contributed by atoms with E-state index in [0.29, 0.717) is 6.42 Å². The minimum Gasteiger partial charge on any atom is -0.376 e. The summed E-state index contributed by atoms with van der Waals surface area (Å²) in [7, 11) is 0. The van der Waals surface area contributed by atoms with Crippen LogP contribution in [0.4, 0.5) is 0 Å². The Kier molecular flexibility index (Phi) is 4.92. The van der Waals surface area contributed by atoms with Crippen molar-refractivity contribution < 1.29 is 9.53 Å². The molecule has 0 aliphatic carbocycles. The summed E-state index contributed by atoms with van der Waals surface area (Å²) < 4.78 is 6.48. The van der Waals surface area contributed by atoms with Crippen molar-refractivity contribution in [2.45, 2.75) is 19.4 Å². The van der Waals surface area contributed by atoms with Gasteiger partial charge in [0.15, 0.2) is 5.78 Å². The molecule has 1 aliphatic heterocycles. The van der Waals surface area contributed by atoms with Crippen LogP contribution in [0.2, 0.25) is 0 Å². The average molecular weight is 312 g/mol. The Labute approximate surface area is 116 Å². The third-order valence-electron chi connectivity index (χ3n) is 3.15. The zero-order valence-electron chi connectivity index (χ0n) is 10.6. The molecule has 1 heterocycles. The molecular formula is C14H18BrNO2. The van der Waals surface area contributed by atoms with Crippen molar-refractivity contribution in [1.82, 2.24) is 4.90 Å². The average Bonchev–Trinajstić information content (AvgIpc) is 2.37. The first-order valence-corrected chi connectivity index (χ1v) is 7.07. The Balaban J connectivity index is 1.82. The maximum absolute atomic E-state index is 12.0. The van der Waals surface area contributed by atoms with Crippen LogP contribution in [0.25, 0.3) is 0 Å². The Bertz CT molecular complexity index is 405. The zero-order valence-corrected chi connectivity index (χ0v) is 12.1. The number of ketones is 1. The minimum atomic E-state index is 0.210. The molecule has 98 valence electrons. The molecule has 3 nitrogen and oxygen atoms in total. The van der Waals surface area contributed by atoms with E-state index in [9.17, 15) is 4.79 Å². The van der Waals surface area contributed by atoms with Gasteiger partial charge in [-0.1, -0.05) is 28.1 Å². The fourth-order valence-corrected chi connectivity index (χ4v) is 2.40. The summed E-state index contributed by atoms with van der Waals surface area (Å²) in [6.07, 6.45) is 0.857. The van der Waals surface area contributed by atoms with Crippen LogP contribution in [0.5, 0.6) is 0 Å². The number of carbonyl (C=O) groups is 1. The van der Waals surface area contributed by atoms with Crippen LogP contribution < -0.4 is 0 Å². The normalized spacial score (nSPS) is 20.9. The zero-order chi connectivity index (χ0) is 13.0. The summed E-state index contributed by atoms with van der Waals surface area (Å²) >= 11 is 3.37. The van der Waals surface area contributed by atoms with Crippen LogP contribution in [0, 0.1) is 0 Å². The molecule has 0 spiro atoms. The number of hydrogen-bond donors (Lipinski definition) is 0. The molecule has 0 saturated carbocycles. The van der Waals surface area contributed by atoms with Crippen LogP contribution in [0.3, 0.4) is 0 Å². The number of halogens is 1. The standard InChI is InChI=1S/C14H18BrNO2/c1-11-10-16(8-9-18-11)7-6-14(17)12-2-4-13(15)5-3-12/h2-5,11H,6-10H2,1H3. The van der Waals surface area contributed by atoms with Crippen molar-refractivity contribution in [3.05, 3.63) is 34.3 Å². The third kappa shape index (κ3) is 3.90. The van der Waals surface area contributed by atoms with Gasteiger partial charge in [-0.25, -0.2) is 0 Å². The summed E-state index contributed by atoms with van der Waals surface area (Å²) in [6.45, 7) is 5.52. The molecule has 0 bridgehead atoms. The van der Waals surface area contributed by atoms with Crippen LogP contribution in [0.1, 0.15) is 23.7 Å². The van der Waals surface area contributed by atoms with E-state index in [0.717, 1.165) is 36.3 Å². The first-order valence-electron chi connectivity index (χ1n) is 6.28. The molecule has 18 heavy (non-hydrogen) atoms. The van der Waals surface area contributed by atoms with Crippen LogP contribution in [-0.2, 0) is 4.74 Å². The van der Waals surface area contributed by atoms with E-state index in [4.69, 9.17) is 4.74 Å². The van der Waals surface area contributed by atoms with Crippen molar-refractivity contribution in [2.75, 3.05) is 26.2 Å². The number of rotatable bonds is 4. The molecule has 1 aromatic carbocycles. The van der Waals surface area contributed by atoms with E-state index in [2.05, 4.69) is 27.8 Å². The number of hydrogen-bond acceptors (Lipinski definition) is 3. The second-order valence-electron chi connectivity index (χ2n) is 4.66. The highest BCUT2D eigenvalue weighted by atomic mass is 79.9. The minimum absolute atomic E-state index is 0.210. The van der Waals surface area contributed by atoms with Gasteiger partial charge < -0.3 is 4.74 Å². The van der Waals surface area contributed by atoms with Gasteiger partial charge in [0.2, 0.25) is 0 Å². The van der Waals surface area contributed by atoms with Gasteiger partial charge in [-0.3, -0.25) is 9.69 Å². The highest BCUT2D eigenvalue weighted by molar-refractivity contribution is 9.10. The van der Waals surface area contributed by atoms with Gasteiger partial charge in [0.1, 0.15) is 0 Å². The van der Waals surface area contributed by atoms with Crippen LogP contribution in [-0.4, -0.2) is 43.0 Å². The van der Waals surface area contributed by atoms with Crippen molar-refractivity contribution in [2.24, 2.45) is 0 Å². The Morgan fingerprint density at radius 1 is 1.44 bits per heavy atom. The second kappa shape index (κ2) is 6.45. The molecule has 1 atom stereocenters. The number of ether oxygens (including phenoxy) is 1. The maximum atomic E-state index is 12.0. The number of morpholine rings is 1. The first-order chi connectivity index (χ1) is 8.65. The SMILES string of the molecule is CC1CN(CCC(=O)c2ccc(Br)cc2)CCO1. The molecule has 2 rings (SSSR count). The molecular weight excluding hydrogens is 294 g/mol. The van der Waals surface area contributed by atoms with Gasteiger partial charge in [0.05, 0.1) is 12.7 Å². The Morgan fingerprint density at radius 3 is 2.83 bits per heavy atom. The van der Waals surface area contributed by atoms with Gasteiger partial charge in [0, 0.05) is 36.1 Å². The largest absolute Gasteiger partial charge is 0.376 e. The van der Waals surface area contributed by atoms with Gasteiger partial charge in [-0.2, -0.15) is 0 Å². The van der Waals surface area contributed by atoms with Crippen LogP contribution >= 0.6 is 15.9 Å². The van der Waals surface area contributed by atoms with Gasteiger partial charge >= 0.3 is 0 Å². The number of nitrogens with zero attached hydrogens (tertiary/aromatic N) is 1. The van der Waals surface area contributed by atoms with Gasteiger partial charge in [0.25, 0.3) is 0 Å². The molecule has 0 radical (unpaired) electrons. The first kappa shape index (κ1) is 13.7. The molecule has 4 heteroatoms. The van der Waals surface area contributed by atoms with Gasteiger partial charge in [-0.05, 0) is 19.1 Å². The number of carbonyl (C=O) groups excluding carboxylic acids is 1. The van der Waals surface area contributed by atoms with E-state index >= 15 is 0 Å². The van der Waals surface area contributed by atoms with Crippen molar-refractivity contribution in [3.63, 3.8) is 0 Å². The van der Waals surface area contributed by atoms with Crippen molar-refractivity contribution in [1.29, 1.82) is 0 Å². The molecule has 1 aromatic rings. The molecule has 0 N–H and O–H groups in total. The lowest BCUT2D eigenvalue weighted by Crippen LogP contribution is -2.41. The highest BCUT2D eigenvalue weighted by Crippen LogP contribution is 2.13. The van der Waals surface area contributed by atoms with E-state index in [-0.39, 0.29) is 11.9 Å². The second-order valence-corrected chi connectivity index (χ2v) is 5.58. The fraction of sp³-hybridized carbons (Fsp3) is 0.500. The molecule has 1 fully saturated rings. The highest BCUT2D eigenvalue weighted by Gasteiger charge is 2.17. The lowest BCUT2D eigenvalue weighted by Gasteiger charge is -2.30. The van der Waals surface area contributed by atoms with E-state index in [1.807, 2.05) is 24.3 Å². The van der Waals surface area contributed by atoms with E-state index < -0.39 is 0 Å². The molecule has 0 amide bonds. The summed E-state index contributed by atoms with van der Waals surface area (Å²) in [5, 5.41) is 0. The molecule has 1 aliphatic rings. The Morgan fingerprint density at radius 2 is 2.17 bits per heavy atom. The summed E-state index contributed by atoms with van der Waals surface area (Å²) in [5.41, 5.74) is 0.791. The Hall–Kier alpha value is -0.710. The number of benzene rings is 1. The monoisotopic (exact) mass is 311 g/mol. The van der Waals surface area contributed by atoms with E-state index in [1.165, 1.54) is 0 Å². The third-order valence-corrected chi connectivity index (χ3v) is 3.68. The number of Topliss-reactive ketones (excluding diaryl/α,β-unsaturated/α-hetero) is 1. The lowest BCUT2D eigenvalue weighted by atomic mass is 10.1. The molecule has 0 aromatic heterocycles. The molecule has 1 unspecified atom stereocenters. The summed E-state index contributed by atoms with van der Waals surface area (Å²) in [6, 6.07) is 7.55. The smallest absolute Gasteiger partial charge is 0.164 e. The van der Waals surface area contributed by atoms with Gasteiger partial charge in [-0.15, -0.1) is 0 Å².